The van der Waals surface area contributed by atoms with Crippen LogP contribution in [0, 0.1) is 0 Å². The Balaban J connectivity index is 3.15. The van der Waals surface area contributed by atoms with Crippen LogP contribution in [0.1, 0.15) is 59.3 Å². The molecule has 0 spiro atoms. The second-order valence-electron chi connectivity index (χ2n) is 6.33. The molecular formula is C17H32N2OSn. The minimum atomic E-state index is -2.39. The molecule has 0 amide bonds. The third kappa shape index (κ3) is 5.42. The second kappa shape index (κ2) is 9.65. The summed E-state index contributed by atoms with van der Waals surface area (Å²) >= 11 is -2.39. The molecule has 0 saturated heterocycles. The van der Waals surface area contributed by atoms with E-state index in [4.69, 9.17) is 0 Å². The van der Waals surface area contributed by atoms with Crippen LogP contribution in [0.25, 0.3) is 0 Å². The molecule has 1 heterocycles. The van der Waals surface area contributed by atoms with Crippen molar-refractivity contribution in [2.75, 3.05) is 0 Å². The molecule has 0 aliphatic heterocycles. The van der Waals surface area contributed by atoms with Gasteiger partial charge in [0.1, 0.15) is 0 Å². The molecule has 1 aromatic heterocycles. The van der Waals surface area contributed by atoms with Gasteiger partial charge in [-0.1, -0.05) is 0 Å². The van der Waals surface area contributed by atoms with Gasteiger partial charge in [-0.15, -0.1) is 0 Å². The van der Waals surface area contributed by atoms with E-state index in [9.17, 15) is 4.79 Å². The molecule has 0 N–H and O–H groups in total. The summed E-state index contributed by atoms with van der Waals surface area (Å²) in [6.45, 7) is 6.86. The van der Waals surface area contributed by atoms with Gasteiger partial charge in [-0.05, 0) is 0 Å². The summed E-state index contributed by atoms with van der Waals surface area (Å²) in [5.41, 5.74) is -0.125. The van der Waals surface area contributed by atoms with Crippen LogP contribution in [0.5, 0.6) is 0 Å². The summed E-state index contributed by atoms with van der Waals surface area (Å²) in [4.78, 5) is 15.7. The number of aryl methyl sites for hydroxylation is 1. The Morgan fingerprint density at radius 1 is 1.00 bits per heavy atom. The number of hydrogen-bond acceptors (Lipinski definition) is 2. The first-order valence-corrected chi connectivity index (χ1v) is 16.1. The van der Waals surface area contributed by atoms with Crippen molar-refractivity contribution in [1.82, 2.24) is 9.55 Å². The van der Waals surface area contributed by atoms with E-state index in [2.05, 4.69) is 32.0 Å². The Labute approximate surface area is 134 Å². The summed E-state index contributed by atoms with van der Waals surface area (Å²) in [7, 11) is 1.84. The Kier molecular flexibility index (Phi) is 8.60. The molecule has 0 aliphatic rings. The van der Waals surface area contributed by atoms with E-state index in [0.717, 1.165) is 0 Å². The number of rotatable bonds is 10. The molecule has 1 aromatic rings. The number of unbranched alkanes of at least 4 members (excludes halogenated alkanes) is 3. The first-order valence-electron chi connectivity index (χ1n) is 8.62. The average Bonchev–Trinajstić information content (AvgIpc) is 2.50. The normalized spacial score (nSPS) is 11.8. The summed E-state index contributed by atoms with van der Waals surface area (Å²) in [6, 6.07) is 0. The van der Waals surface area contributed by atoms with Crippen molar-refractivity contribution in [2.24, 2.45) is 7.05 Å². The maximum absolute atomic E-state index is 11.6. The van der Waals surface area contributed by atoms with E-state index >= 15 is 0 Å². The van der Waals surface area contributed by atoms with E-state index in [0.29, 0.717) is 0 Å². The van der Waals surface area contributed by atoms with Gasteiger partial charge in [0, 0.05) is 0 Å². The van der Waals surface area contributed by atoms with Crippen LogP contribution in [0.2, 0.25) is 13.3 Å². The van der Waals surface area contributed by atoms with Crippen LogP contribution < -0.4 is 9.27 Å². The van der Waals surface area contributed by atoms with E-state index in [1.807, 2.05) is 13.2 Å². The zero-order chi connectivity index (χ0) is 15.7. The Morgan fingerprint density at radius 3 is 1.86 bits per heavy atom. The van der Waals surface area contributed by atoms with Gasteiger partial charge in [-0.3, -0.25) is 0 Å². The summed E-state index contributed by atoms with van der Waals surface area (Å²) in [6.07, 6.45) is 11.9. The van der Waals surface area contributed by atoms with Crippen LogP contribution in [0.4, 0.5) is 0 Å². The Bertz CT molecular complexity index is 448. The molecule has 0 unspecified atom stereocenters. The van der Waals surface area contributed by atoms with Gasteiger partial charge in [0.25, 0.3) is 0 Å². The van der Waals surface area contributed by atoms with Crippen LogP contribution in [-0.4, -0.2) is 27.9 Å². The first-order chi connectivity index (χ1) is 10.1. The predicted octanol–water partition coefficient (Wildman–Crippen LogP) is 3.84. The molecule has 0 radical (unpaired) electrons. The Hall–Kier alpha value is -0.321. The second-order valence-corrected chi connectivity index (χ2v) is 19.6. The molecule has 0 atom stereocenters. The Morgan fingerprint density at radius 2 is 1.48 bits per heavy atom. The molecule has 0 bridgehead atoms. The van der Waals surface area contributed by atoms with Crippen LogP contribution in [0.15, 0.2) is 17.2 Å². The van der Waals surface area contributed by atoms with Crippen molar-refractivity contribution in [3.8, 4) is 0 Å². The summed E-state index contributed by atoms with van der Waals surface area (Å²) < 4.78 is 7.42. The third-order valence-corrected chi connectivity index (χ3v) is 20.0. The molecule has 0 aliphatic carbocycles. The molecule has 120 valence electrons. The van der Waals surface area contributed by atoms with E-state index in [1.165, 1.54) is 55.4 Å². The molecule has 0 saturated carbocycles. The maximum atomic E-state index is 11.6. The van der Waals surface area contributed by atoms with Crippen molar-refractivity contribution in [2.45, 2.75) is 72.6 Å². The fraction of sp³-hybridized carbons (Fsp3) is 0.765. The van der Waals surface area contributed by atoms with Crippen LogP contribution in [0.3, 0.4) is 0 Å². The molecule has 21 heavy (non-hydrogen) atoms. The van der Waals surface area contributed by atoms with Crippen molar-refractivity contribution in [1.29, 1.82) is 0 Å². The van der Waals surface area contributed by atoms with Crippen molar-refractivity contribution in [3.05, 3.63) is 22.9 Å². The molecule has 1 rings (SSSR count). The molecular weight excluding hydrogens is 367 g/mol. The van der Waals surface area contributed by atoms with Crippen molar-refractivity contribution in [3.63, 3.8) is 0 Å². The van der Waals surface area contributed by atoms with Crippen molar-refractivity contribution >= 4 is 22.0 Å². The SMILES string of the molecule is CCC[CH2][Sn]([CH2]CCC)([CH2]CCC)[c]1cnc(=O)n(C)c1. The number of nitrogens with zero attached hydrogens (tertiary/aromatic N) is 2. The van der Waals surface area contributed by atoms with Gasteiger partial charge < -0.3 is 0 Å². The number of aromatic nitrogens is 2. The first kappa shape index (κ1) is 18.7. The van der Waals surface area contributed by atoms with Gasteiger partial charge in [-0.25, -0.2) is 0 Å². The van der Waals surface area contributed by atoms with E-state index in [-0.39, 0.29) is 5.69 Å². The average molecular weight is 399 g/mol. The van der Waals surface area contributed by atoms with Gasteiger partial charge in [0.2, 0.25) is 0 Å². The molecule has 3 nitrogen and oxygen atoms in total. The molecule has 0 aromatic carbocycles. The van der Waals surface area contributed by atoms with E-state index < -0.39 is 18.4 Å². The van der Waals surface area contributed by atoms with Gasteiger partial charge in [-0.2, -0.15) is 0 Å². The van der Waals surface area contributed by atoms with Gasteiger partial charge in [0.15, 0.2) is 0 Å². The topological polar surface area (TPSA) is 34.9 Å². The fourth-order valence-corrected chi connectivity index (χ4v) is 18.9. The molecule has 4 heteroatoms. The van der Waals surface area contributed by atoms with E-state index in [1.54, 1.807) is 4.57 Å². The zero-order valence-corrected chi connectivity index (χ0v) is 17.2. The van der Waals surface area contributed by atoms with Crippen LogP contribution >= 0.6 is 0 Å². The van der Waals surface area contributed by atoms with Gasteiger partial charge >= 0.3 is 134 Å². The quantitative estimate of drug-likeness (QED) is 0.561. The monoisotopic (exact) mass is 400 g/mol. The minimum absolute atomic E-state index is 0.125. The predicted molar refractivity (Wildman–Crippen MR) is 94.0 cm³/mol. The summed E-state index contributed by atoms with van der Waals surface area (Å²) in [5, 5.41) is 0. The van der Waals surface area contributed by atoms with Crippen LogP contribution in [-0.2, 0) is 7.05 Å². The zero-order valence-electron chi connectivity index (χ0n) is 14.3. The standard InChI is InChI=1S/C5H5N2O.3C4H9.Sn/c1-7-4-2-3-6-5(7)8;3*1-3-4-2;/h3-4H,1H3;3*1,3-4H2,2H3;. The van der Waals surface area contributed by atoms with Crippen molar-refractivity contribution < 1.29 is 0 Å². The fourth-order valence-electron chi connectivity index (χ4n) is 3.14. The number of hydrogen-bond donors (Lipinski definition) is 0. The van der Waals surface area contributed by atoms with Gasteiger partial charge in [0.05, 0.1) is 0 Å². The summed E-state index contributed by atoms with van der Waals surface area (Å²) in [5.74, 6) is 0. The molecule has 0 fully saturated rings. The third-order valence-electron chi connectivity index (χ3n) is 4.59.